The fourth-order valence-corrected chi connectivity index (χ4v) is 3.27. The third kappa shape index (κ3) is 3.18. The van der Waals surface area contributed by atoms with Crippen LogP contribution in [0.3, 0.4) is 0 Å². The van der Waals surface area contributed by atoms with Crippen LogP contribution in [0.1, 0.15) is 40.9 Å². The van der Waals surface area contributed by atoms with Crippen LogP contribution in [-0.2, 0) is 13.0 Å². The molecule has 3 heteroatoms. The van der Waals surface area contributed by atoms with Crippen LogP contribution in [-0.4, -0.2) is 12.0 Å². The SMILES string of the molecule is CNCc1sc(Cc2ccccc2)nc1C(C)C. The first-order valence-corrected chi connectivity index (χ1v) is 7.19. The van der Waals surface area contributed by atoms with Gasteiger partial charge in [-0.05, 0) is 18.5 Å². The van der Waals surface area contributed by atoms with Crippen molar-refractivity contribution in [3.63, 3.8) is 0 Å². The van der Waals surface area contributed by atoms with Gasteiger partial charge in [0.2, 0.25) is 0 Å². The summed E-state index contributed by atoms with van der Waals surface area (Å²) < 4.78 is 0. The maximum atomic E-state index is 4.80. The zero-order chi connectivity index (χ0) is 13.0. The highest BCUT2D eigenvalue weighted by atomic mass is 32.1. The van der Waals surface area contributed by atoms with Crippen molar-refractivity contribution in [2.45, 2.75) is 32.7 Å². The molecule has 1 aromatic carbocycles. The Labute approximate surface area is 113 Å². The molecule has 0 saturated heterocycles. The molecule has 0 aliphatic heterocycles. The third-order valence-corrected chi connectivity index (χ3v) is 3.93. The van der Waals surface area contributed by atoms with Gasteiger partial charge in [-0.2, -0.15) is 0 Å². The number of nitrogens with one attached hydrogen (secondary N) is 1. The lowest BCUT2D eigenvalue weighted by atomic mass is 10.1. The Balaban J connectivity index is 2.21. The maximum absolute atomic E-state index is 4.80. The summed E-state index contributed by atoms with van der Waals surface area (Å²) in [5.41, 5.74) is 2.58. The second-order valence-corrected chi connectivity index (χ2v) is 5.93. The Morgan fingerprint density at radius 1 is 1.22 bits per heavy atom. The summed E-state index contributed by atoms with van der Waals surface area (Å²) in [7, 11) is 1.99. The molecular weight excluding hydrogens is 240 g/mol. The predicted octanol–water partition coefficient (Wildman–Crippen LogP) is 3.58. The van der Waals surface area contributed by atoms with Gasteiger partial charge in [-0.15, -0.1) is 11.3 Å². The van der Waals surface area contributed by atoms with Gasteiger partial charge in [-0.1, -0.05) is 44.2 Å². The first-order chi connectivity index (χ1) is 8.70. The molecule has 0 atom stereocenters. The molecule has 0 fully saturated rings. The number of thiazole rings is 1. The highest BCUT2D eigenvalue weighted by molar-refractivity contribution is 7.11. The molecule has 2 rings (SSSR count). The van der Waals surface area contributed by atoms with Crippen molar-refractivity contribution in [2.75, 3.05) is 7.05 Å². The van der Waals surface area contributed by atoms with Crippen molar-refractivity contribution in [2.24, 2.45) is 0 Å². The molecule has 1 aromatic heterocycles. The Morgan fingerprint density at radius 3 is 2.56 bits per heavy atom. The highest BCUT2D eigenvalue weighted by Crippen LogP contribution is 2.26. The lowest BCUT2D eigenvalue weighted by molar-refractivity contribution is 0.768. The number of hydrogen-bond donors (Lipinski definition) is 1. The van der Waals surface area contributed by atoms with Crippen LogP contribution in [0.15, 0.2) is 30.3 Å². The van der Waals surface area contributed by atoms with E-state index in [1.165, 1.54) is 21.1 Å². The minimum atomic E-state index is 0.495. The third-order valence-electron chi connectivity index (χ3n) is 2.85. The first kappa shape index (κ1) is 13.2. The maximum Gasteiger partial charge on any atom is 0.0975 e. The average Bonchev–Trinajstić information content (AvgIpc) is 2.74. The molecule has 0 aliphatic carbocycles. The molecule has 1 N–H and O–H groups in total. The van der Waals surface area contributed by atoms with E-state index in [1.54, 1.807) is 0 Å². The summed E-state index contributed by atoms with van der Waals surface area (Å²) >= 11 is 1.83. The smallest absolute Gasteiger partial charge is 0.0975 e. The zero-order valence-electron chi connectivity index (χ0n) is 11.2. The van der Waals surface area contributed by atoms with Gasteiger partial charge in [-0.3, -0.25) is 0 Å². The number of rotatable bonds is 5. The summed E-state index contributed by atoms with van der Waals surface area (Å²) in [5, 5.41) is 4.44. The fourth-order valence-electron chi connectivity index (χ4n) is 2.00. The Kier molecular flexibility index (Phi) is 4.50. The monoisotopic (exact) mass is 260 g/mol. The summed E-state index contributed by atoms with van der Waals surface area (Å²) in [6.07, 6.45) is 0.939. The topological polar surface area (TPSA) is 24.9 Å². The van der Waals surface area contributed by atoms with Crippen LogP contribution in [0.2, 0.25) is 0 Å². The molecule has 0 unspecified atom stereocenters. The summed E-state index contributed by atoms with van der Waals surface area (Å²) in [4.78, 5) is 6.18. The lowest BCUT2D eigenvalue weighted by Gasteiger charge is -2.03. The van der Waals surface area contributed by atoms with Gasteiger partial charge in [0.1, 0.15) is 0 Å². The quantitative estimate of drug-likeness (QED) is 0.889. The van der Waals surface area contributed by atoms with E-state index in [9.17, 15) is 0 Å². The van der Waals surface area contributed by atoms with E-state index in [4.69, 9.17) is 4.98 Å². The van der Waals surface area contributed by atoms with Crippen molar-refractivity contribution < 1.29 is 0 Å². The molecule has 2 aromatic rings. The van der Waals surface area contributed by atoms with Crippen LogP contribution >= 0.6 is 11.3 Å². The van der Waals surface area contributed by atoms with Gasteiger partial charge in [0.25, 0.3) is 0 Å². The zero-order valence-corrected chi connectivity index (χ0v) is 12.1. The van der Waals surface area contributed by atoms with Crippen LogP contribution in [0.25, 0.3) is 0 Å². The number of benzene rings is 1. The largest absolute Gasteiger partial charge is 0.315 e. The van der Waals surface area contributed by atoms with Crippen molar-refractivity contribution in [1.29, 1.82) is 0 Å². The van der Waals surface area contributed by atoms with E-state index >= 15 is 0 Å². The minimum Gasteiger partial charge on any atom is -0.315 e. The van der Waals surface area contributed by atoms with Crippen molar-refractivity contribution in [3.8, 4) is 0 Å². The van der Waals surface area contributed by atoms with E-state index in [0.717, 1.165) is 13.0 Å². The Morgan fingerprint density at radius 2 is 1.94 bits per heavy atom. The first-order valence-electron chi connectivity index (χ1n) is 6.37. The lowest BCUT2D eigenvalue weighted by Crippen LogP contribution is -2.06. The van der Waals surface area contributed by atoms with Gasteiger partial charge >= 0.3 is 0 Å². The van der Waals surface area contributed by atoms with Crippen molar-refractivity contribution >= 4 is 11.3 Å². The van der Waals surface area contributed by atoms with Gasteiger partial charge in [0.15, 0.2) is 0 Å². The number of nitrogens with zero attached hydrogens (tertiary/aromatic N) is 1. The van der Waals surface area contributed by atoms with Gasteiger partial charge in [0.05, 0.1) is 10.7 Å². The normalized spacial score (nSPS) is 11.1. The fraction of sp³-hybridized carbons (Fsp3) is 0.400. The highest BCUT2D eigenvalue weighted by Gasteiger charge is 2.13. The standard InChI is InChI=1S/C15H20N2S/c1-11(2)15-13(10-16-3)18-14(17-15)9-12-7-5-4-6-8-12/h4-8,11,16H,9-10H2,1-3H3. The second kappa shape index (κ2) is 6.12. The van der Waals surface area contributed by atoms with Crippen LogP contribution < -0.4 is 5.32 Å². The summed E-state index contributed by atoms with van der Waals surface area (Å²) in [5.74, 6) is 0.495. The number of aromatic nitrogens is 1. The molecule has 1 heterocycles. The average molecular weight is 260 g/mol. The van der Waals surface area contributed by atoms with E-state index in [-0.39, 0.29) is 0 Å². The van der Waals surface area contributed by atoms with Crippen LogP contribution in [0, 0.1) is 0 Å². The van der Waals surface area contributed by atoms with Crippen molar-refractivity contribution in [1.82, 2.24) is 10.3 Å². The molecular formula is C15H20N2S. The summed E-state index contributed by atoms with van der Waals surface area (Å²) in [6, 6.07) is 10.5. The van der Waals surface area contributed by atoms with E-state index < -0.39 is 0 Å². The molecule has 0 aliphatic rings. The van der Waals surface area contributed by atoms with E-state index in [0.29, 0.717) is 5.92 Å². The molecule has 18 heavy (non-hydrogen) atoms. The Hall–Kier alpha value is -1.19. The molecule has 0 amide bonds. The molecule has 0 saturated carbocycles. The second-order valence-electron chi connectivity index (χ2n) is 4.76. The van der Waals surface area contributed by atoms with Crippen molar-refractivity contribution in [3.05, 3.63) is 51.5 Å². The van der Waals surface area contributed by atoms with E-state index in [1.807, 2.05) is 18.4 Å². The van der Waals surface area contributed by atoms with Gasteiger partial charge < -0.3 is 5.32 Å². The van der Waals surface area contributed by atoms with Crippen LogP contribution in [0.5, 0.6) is 0 Å². The molecule has 96 valence electrons. The molecule has 0 radical (unpaired) electrons. The number of hydrogen-bond acceptors (Lipinski definition) is 3. The van der Waals surface area contributed by atoms with Gasteiger partial charge in [0, 0.05) is 17.8 Å². The molecule has 0 spiro atoms. The van der Waals surface area contributed by atoms with Gasteiger partial charge in [-0.25, -0.2) is 4.98 Å². The molecule has 0 bridgehead atoms. The molecule has 2 nitrogen and oxygen atoms in total. The minimum absolute atomic E-state index is 0.495. The van der Waals surface area contributed by atoms with E-state index in [2.05, 4.69) is 49.5 Å². The van der Waals surface area contributed by atoms with Crippen LogP contribution in [0.4, 0.5) is 0 Å². The summed E-state index contributed by atoms with van der Waals surface area (Å²) in [6.45, 7) is 5.33. The Bertz CT molecular complexity index is 488. The predicted molar refractivity (Wildman–Crippen MR) is 78.2 cm³/mol.